The van der Waals surface area contributed by atoms with E-state index < -0.39 is 11.9 Å². The zero-order chi connectivity index (χ0) is 15.4. The van der Waals surface area contributed by atoms with Crippen molar-refractivity contribution in [1.29, 1.82) is 0 Å². The highest BCUT2D eigenvalue weighted by Gasteiger charge is 2.24. The fraction of sp³-hybridized carbons (Fsp3) is 0.267. The van der Waals surface area contributed by atoms with E-state index in [-0.39, 0.29) is 11.3 Å². The molecule has 0 aromatic heterocycles. The van der Waals surface area contributed by atoms with E-state index in [1.54, 1.807) is 6.07 Å². The summed E-state index contributed by atoms with van der Waals surface area (Å²) >= 11 is 0. The maximum Gasteiger partial charge on any atom is 0.293 e. The summed E-state index contributed by atoms with van der Waals surface area (Å²) in [6, 6.07) is 7.50. The Kier molecular flexibility index (Phi) is 4.37. The molecule has 0 radical (unpaired) electrons. The maximum absolute atomic E-state index is 11.4. The van der Waals surface area contributed by atoms with Gasteiger partial charge in [0.1, 0.15) is 5.75 Å². The molecule has 2 rings (SSSR count). The van der Waals surface area contributed by atoms with E-state index in [0.717, 1.165) is 6.20 Å². The summed E-state index contributed by atoms with van der Waals surface area (Å²) in [5, 5.41) is 9.60. The van der Waals surface area contributed by atoms with Gasteiger partial charge in [-0.15, -0.1) is 0 Å². The number of aliphatic hydroxyl groups is 1. The summed E-state index contributed by atoms with van der Waals surface area (Å²) in [6.45, 7) is 0. The van der Waals surface area contributed by atoms with Crippen LogP contribution < -0.4 is 16.2 Å². The summed E-state index contributed by atoms with van der Waals surface area (Å²) in [5.41, 5.74) is 11.5. The van der Waals surface area contributed by atoms with Gasteiger partial charge in [-0.25, -0.2) is 0 Å². The topological polar surface area (TPSA) is 108 Å². The molecular formula is C15H18N2O4. The zero-order valence-corrected chi connectivity index (χ0v) is 11.7. The van der Waals surface area contributed by atoms with Crippen LogP contribution in [0.1, 0.15) is 24.3 Å². The standard InChI is InChI=1S/C15H18N2O4/c1-20-15(19)13(14(17)18)12(8-16)21-11-4-2-3-10(7-11)9-5-6-9/h2-4,7-9,19H,5-6,16H2,1H3,(H2,17,18)/b12-8+,15-13?. The van der Waals surface area contributed by atoms with Gasteiger partial charge < -0.3 is 26.0 Å². The Balaban J connectivity index is 2.26. The van der Waals surface area contributed by atoms with E-state index in [4.69, 9.17) is 16.2 Å². The average molecular weight is 290 g/mol. The molecule has 1 fully saturated rings. The van der Waals surface area contributed by atoms with E-state index in [1.165, 1.54) is 25.5 Å². The Hall–Kier alpha value is -2.63. The smallest absolute Gasteiger partial charge is 0.293 e. The van der Waals surface area contributed by atoms with E-state index in [9.17, 15) is 9.90 Å². The predicted octanol–water partition coefficient (Wildman–Crippen LogP) is 1.64. The van der Waals surface area contributed by atoms with Gasteiger partial charge in [0.25, 0.3) is 11.9 Å². The van der Waals surface area contributed by atoms with Gasteiger partial charge in [0.2, 0.25) is 0 Å². The molecule has 0 atom stereocenters. The number of hydrogen-bond donors (Lipinski definition) is 3. The number of methoxy groups -OCH3 is 1. The second-order valence-electron chi connectivity index (χ2n) is 4.73. The number of carbonyl (C=O) groups is 1. The number of nitrogens with two attached hydrogens (primary N) is 2. The van der Waals surface area contributed by atoms with E-state index >= 15 is 0 Å². The number of rotatable bonds is 6. The third kappa shape index (κ3) is 3.47. The van der Waals surface area contributed by atoms with Crippen LogP contribution in [-0.2, 0) is 9.53 Å². The third-order valence-corrected chi connectivity index (χ3v) is 3.19. The lowest BCUT2D eigenvalue weighted by Crippen LogP contribution is -2.21. The molecule has 5 N–H and O–H groups in total. The Morgan fingerprint density at radius 2 is 2.14 bits per heavy atom. The third-order valence-electron chi connectivity index (χ3n) is 3.19. The molecule has 0 unspecified atom stereocenters. The Morgan fingerprint density at radius 1 is 1.43 bits per heavy atom. The summed E-state index contributed by atoms with van der Waals surface area (Å²) in [5.74, 6) is -0.520. The van der Waals surface area contributed by atoms with E-state index in [1.807, 2.05) is 18.2 Å². The zero-order valence-electron chi connectivity index (χ0n) is 11.7. The van der Waals surface area contributed by atoms with Crippen molar-refractivity contribution in [2.45, 2.75) is 18.8 Å². The molecule has 0 spiro atoms. The number of amides is 1. The molecule has 6 heteroatoms. The van der Waals surface area contributed by atoms with Gasteiger partial charge in [-0.3, -0.25) is 4.79 Å². The first-order valence-corrected chi connectivity index (χ1v) is 6.54. The van der Waals surface area contributed by atoms with Crippen molar-refractivity contribution < 1.29 is 19.4 Å². The molecule has 1 amide bonds. The number of benzene rings is 1. The van der Waals surface area contributed by atoms with Crippen molar-refractivity contribution in [2.75, 3.05) is 7.11 Å². The van der Waals surface area contributed by atoms with Gasteiger partial charge in [-0.05, 0) is 36.5 Å². The van der Waals surface area contributed by atoms with Crippen LogP contribution in [0, 0.1) is 0 Å². The van der Waals surface area contributed by atoms with E-state index in [2.05, 4.69) is 4.74 Å². The SMILES string of the molecule is COC(O)=C(C(N)=O)/C(=C\N)Oc1cccc(C2CC2)c1. The molecule has 1 aromatic carbocycles. The molecule has 112 valence electrons. The summed E-state index contributed by atoms with van der Waals surface area (Å²) in [7, 11) is 1.21. The minimum absolute atomic E-state index is 0.0604. The number of primary amides is 1. The van der Waals surface area contributed by atoms with Crippen LogP contribution in [-0.4, -0.2) is 18.1 Å². The largest absolute Gasteiger partial charge is 0.480 e. The lowest BCUT2D eigenvalue weighted by Gasteiger charge is -2.12. The van der Waals surface area contributed by atoms with Crippen molar-refractivity contribution >= 4 is 5.91 Å². The van der Waals surface area contributed by atoms with Crippen molar-refractivity contribution in [3.05, 3.63) is 53.3 Å². The second kappa shape index (κ2) is 6.21. The van der Waals surface area contributed by atoms with Crippen LogP contribution in [0.15, 0.2) is 47.7 Å². The molecule has 0 bridgehead atoms. The molecule has 1 aliphatic rings. The van der Waals surface area contributed by atoms with E-state index in [0.29, 0.717) is 11.7 Å². The quantitative estimate of drug-likeness (QED) is 0.419. The highest BCUT2D eigenvalue weighted by Crippen LogP contribution is 2.41. The lowest BCUT2D eigenvalue weighted by atomic mass is 10.1. The Labute approximate surface area is 122 Å². The molecule has 6 nitrogen and oxygen atoms in total. The van der Waals surface area contributed by atoms with Crippen LogP contribution >= 0.6 is 0 Å². The van der Waals surface area contributed by atoms with Crippen molar-refractivity contribution in [3.8, 4) is 5.75 Å². The molecule has 0 saturated heterocycles. The van der Waals surface area contributed by atoms with Gasteiger partial charge in [-0.1, -0.05) is 12.1 Å². The second-order valence-corrected chi connectivity index (χ2v) is 4.73. The van der Waals surface area contributed by atoms with Crippen LogP contribution in [0.2, 0.25) is 0 Å². The van der Waals surface area contributed by atoms with Crippen LogP contribution in [0.3, 0.4) is 0 Å². The fourth-order valence-corrected chi connectivity index (χ4v) is 1.98. The number of aliphatic hydroxyl groups excluding tert-OH is 1. The van der Waals surface area contributed by atoms with Crippen LogP contribution in [0.25, 0.3) is 0 Å². The molecule has 1 aromatic rings. The number of carbonyl (C=O) groups excluding carboxylic acids is 1. The van der Waals surface area contributed by atoms with Crippen molar-refractivity contribution in [3.63, 3.8) is 0 Å². The first-order valence-electron chi connectivity index (χ1n) is 6.54. The lowest BCUT2D eigenvalue weighted by molar-refractivity contribution is -0.115. The molecular weight excluding hydrogens is 272 g/mol. The molecule has 1 saturated carbocycles. The number of ether oxygens (including phenoxy) is 2. The summed E-state index contributed by atoms with van der Waals surface area (Å²) in [6.07, 6.45) is 3.39. The normalized spacial score (nSPS) is 16.1. The molecule has 21 heavy (non-hydrogen) atoms. The van der Waals surface area contributed by atoms with Crippen LogP contribution in [0.4, 0.5) is 0 Å². The first-order chi connectivity index (χ1) is 10.1. The molecule has 0 aliphatic heterocycles. The number of hydrogen-bond acceptors (Lipinski definition) is 5. The maximum atomic E-state index is 11.4. The first kappa shape index (κ1) is 14.8. The average Bonchev–Trinajstić information content (AvgIpc) is 3.30. The molecule has 1 aliphatic carbocycles. The predicted molar refractivity (Wildman–Crippen MR) is 77.2 cm³/mol. The minimum atomic E-state index is -0.899. The monoisotopic (exact) mass is 290 g/mol. The summed E-state index contributed by atoms with van der Waals surface area (Å²) < 4.78 is 10.2. The minimum Gasteiger partial charge on any atom is -0.480 e. The van der Waals surface area contributed by atoms with Gasteiger partial charge in [0, 0.05) is 6.20 Å². The van der Waals surface area contributed by atoms with Gasteiger partial charge in [0.05, 0.1) is 7.11 Å². The van der Waals surface area contributed by atoms with Crippen molar-refractivity contribution in [2.24, 2.45) is 11.5 Å². The Morgan fingerprint density at radius 3 is 2.67 bits per heavy atom. The van der Waals surface area contributed by atoms with Gasteiger partial charge >= 0.3 is 0 Å². The van der Waals surface area contributed by atoms with Crippen LogP contribution in [0.5, 0.6) is 5.75 Å². The molecule has 0 heterocycles. The van der Waals surface area contributed by atoms with Crippen molar-refractivity contribution in [1.82, 2.24) is 0 Å². The van der Waals surface area contributed by atoms with Gasteiger partial charge in [-0.2, -0.15) is 0 Å². The Bertz CT molecular complexity index is 603. The highest BCUT2D eigenvalue weighted by molar-refractivity contribution is 5.96. The fourth-order valence-electron chi connectivity index (χ4n) is 1.98. The van der Waals surface area contributed by atoms with Gasteiger partial charge in [0.15, 0.2) is 11.3 Å². The summed E-state index contributed by atoms with van der Waals surface area (Å²) in [4.78, 5) is 11.4. The highest BCUT2D eigenvalue weighted by atomic mass is 16.6.